The van der Waals surface area contributed by atoms with Gasteiger partial charge in [0.2, 0.25) is 0 Å². The van der Waals surface area contributed by atoms with Gasteiger partial charge in [-0.05, 0) is 42.4 Å². The van der Waals surface area contributed by atoms with Gasteiger partial charge in [0.1, 0.15) is 4.88 Å². The molecule has 0 aliphatic heterocycles. The van der Waals surface area contributed by atoms with Crippen LogP contribution in [0.2, 0.25) is 0 Å². The van der Waals surface area contributed by atoms with Crippen molar-refractivity contribution in [2.24, 2.45) is 0 Å². The molecule has 0 saturated carbocycles. The number of carbonyl (C=O) groups is 1. The SMILES string of the molecule is CCc1nnsc1C(=O)Nc1ccc2nc(SC)sc2c1. The molecular weight excluding hydrogens is 324 g/mol. The Morgan fingerprint density at radius 2 is 2.29 bits per heavy atom. The molecule has 5 nitrogen and oxygen atoms in total. The van der Waals surface area contributed by atoms with E-state index < -0.39 is 0 Å². The molecule has 21 heavy (non-hydrogen) atoms. The summed E-state index contributed by atoms with van der Waals surface area (Å²) in [7, 11) is 0. The highest BCUT2D eigenvalue weighted by molar-refractivity contribution is 8.00. The second-order valence-electron chi connectivity index (χ2n) is 4.22. The normalized spacial score (nSPS) is 11.0. The first-order valence-electron chi connectivity index (χ1n) is 6.28. The molecule has 1 N–H and O–H groups in total. The monoisotopic (exact) mass is 336 g/mol. The van der Waals surface area contributed by atoms with Gasteiger partial charge in [-0.1, -0.05) is 23.2 Å². The van der Waals surface area contributed by atoms with Crippen molar-refractivity contribution < 1.29 is 4.79 Å². The Labute approximate surface area is 134 Å². The van der Waals surface area contributed by atoms with Crippen LogP contribution >= 0.6 is 34.6 Å². The van der Waals surface area contributed by atoms with E-state index in [1.807, 2.05) is 31.4 Å². The van der Waals surface area contributed by atoms with Crippen LogP contribution < -0.4 is 5.32 Å². The van der Waals surface area contributed by atoms with Crippen molar-refractivity contribution in [1.29, 1.82) is 0 Å². The third kappa shape index (κ3) is 2.92. The lowest BCUT2D eigenvalue weighted by atomic mass is 10.2. The number of anilines is 1. The van der Waals surface area contributed by atoms with Crippen molar-refractivity contribution in [1.82, 2.24) is 14.6 Å². The number of thiazole rings is 1. The van der Waals surface area contributed by atoms with Crippen molar-refractivity contribution in [2.75, 3.05) is 11.6 Å². The molecule has 0 bridgehead atoms. The average molecular weight is 336 g/mol. The minimum Gasteiger partial charge on any atom is -0.321 e. The van der Waals surface area contributed by atoms with E-state index in [4.69, 9.17) is 0 Å². The molecule has 108 valence electrons. The van der Waals surface area contributed by atoms with Gasteiger partial charge in [-0.2, -0.15) is 0 Å². The molecule has 0 unspecified atom stereocenters. The van der Waals surface area contributed by atoms with Gasteiger partial charge in [-0.3, -0.25) is 4.79 Å². The van der Waals surface area contributed by atoms with Crippen LogP contribution in [0.5, 0.6) is 0 Å². The van der Waals surface area contributed by atoms with E-state index in [2.05, 4.69) is 19.9 Å². The van der Waals surface area contributed by atoms with Gasteiger partial charge in [0.05, 0.1) is 15.9 Å². The fraction of sp³-hybridized carbons (Fsp3) is 0.231. The van der Waals surface area contributed by atoms with E-state index in [1.165, 1.54) is 0 Å². The van der Waals surface area contributed by atoms with Crippen LogP contribution in [-0.4, -0.2) is 26.7 Å². The first kappa shape index (κ1) is 14.4. The number of rotatable bonds is 4. The molecular formula is C13H12N4OS3. The Kier molecular flexibility index (Phi) is 4.18. The summed E-state index contributed by atoms with van der Waals surface area (Å²) in [6, 6.07) is 5.74. The summed E-state index contributed by atoms with van der Waals surface area (Å²) in [4.78, 5) is 17.3. The zero-order valence-corrected chi connectivity index (χ0v) is 13.9. The maximum Gasteiger partial charge on any atom is 0.269 e. The van der Waals surface area contributed by atoms with Gasteiger partial charge in [-0.15, -0.1) is 16.4 Å². The molecule has 0 radical (unpaired) electrons. The van der Waals surface area contributed by atoms with E-state index in [9.17, 15) is 4.79 Å². The fourth-order valence-electron chi connectivity index (χ4n) is 1.87. The third-order valence-corrected chi connectivity index (χ3v) is 5.67. The standard InChI is InChI=1S/C13H12N4OS3/c1-3-8-11(21-17-16-8)12(18)14-7-4-5-9-10(6-7)20-13(15-9)19-2/h4-6H,3H2,1-2H3,(H,14,18). The number of aromatic nitrogens is 3. The number of aryl methyl sites for hydroxylation is 1. The number of thioether (sulfide) groups is 1. The largest absolute Gasteiger partial charge is 0.321 e. The molecule has 3 aromatic rings. The summed E-state index contributed by atoms with van der Waals surface area (Å²) < 4.78 is 5.93. The second kappa shape index (κ2) is 6.08. The Morgan fingerprint density at radius 3 is 3.05 bits per heavy atom. The summed E-state index contributed by atoms with van der Waals surface area (Å²) in [5.41, 5.74) is 2.45. The highest BCUT2D eigenvalue weighted by Gasteiger charge is 2.15. The van der Waals surface area contributed by atoms with E-state index in [0.29, 0.717) is 11.3 Å². The van der Waals surface area contributed by atoms with Crippen LogP contribution in [0, 0.1) is 0 Å². The molecule has 1 aromatic carbocycles. The predicted octanol–water partition coefficient (Wildman–Crippen LogP) is 3.68. The number of fused-ring (bicyclic) bond motifs is 1. The third-order valence-electron chi connectivity index (χ3n) is 2.90. The molecule has 0 spiro atoms. The number of hydrogen-bond donors (Lipinski definition) is 1. The molecule has 3 rings (SSSR count). The van der Waals surface area contributed by atoms with Crippen LogP contribution in [0.15, 0.2) is 22.5 Å². The van der Waals surface area contributed by atoms with E-state index in [0.717, 1.165) is 37.5 Å². The van der Waals surface area contributed by atoms with Gasteiger partial charge in [0.15, 0.2) is 4.34 Å². The van der Waals surface area contributed by atoms with E-state index >= 15 is 0 Å². The van der Waals surface area contributed by atoms with Crippen LogP contribution in [0.4, 0.5) is 5.69 Å². The second-order valence-corrected chi connectivity index (χ2v) is 7.06. The zero-order chi connectivity index (χ0) is 14.8. The van der Waals surface area contributed by atoms with Crippen molar-refractivity contribution in [2.45, 2.75) is 17.7 Å². The lowest BCUT2D eigenvalue weighted by molar-refractivity contribution is 0.102. The first-order valence-corrected chi connectivity index (χ1v) is 9.10. The Balaban J connectivity index is 1.85. The highest BCUT2D eigenvalue weighted by atomic mass is 32.2. The molecule has 8 heteroatoms. The van der Waals surface area contributed by atoms with Crippen molar-refractivity contribution in [3.8, 4) is 0 Å². The Hall–Kier alpha value is -1.51. The minimum atomic E-state index is -0.157. The molecule has 0 atom stereocenters. The van der Waals surface area contributed by atoms with Crippen LogP contribution in [0.25, 0.3) is 10.2 Å². The average Bonchev–Trinajstić information content (AvgIpc) is 3.12. The van der Waals surface area contributed by atoms with Crippen molar-refractivity contribution >= 4 is 56.4 Å². The molecule has 0 saturated heterocycles. The lowest BCUT2D eigenvalue weighted by Crippen LogP contribution is -2.12. The van der Waals surface area contributed by atoms with E-state index in [-0.39, 0.29) is 5.91 Å². The predicted molar refractivity (Wildman–Crippen MR) is 88.6 cm³/mol. The summed E-state index contributed by atoms with van der Waals surface area (Å²) in [6.45, 7) is 1.96. The van der Waals surface area contributed by atoms with Crippen molar-refractivity contribution in [3.63, 3.8) is 0 Å². The van der Waals surface area contributed by atoms with Crippen LogP contribution in [-0.2, 0) is 6.42 Å². The van der Waals surface area contributed by atoms with Crippen LogP contribution in [0.1, 0.15) is 22.3 Å². The van der Waals surface area contributed by atoms with E-state index in [1.54, 1.807) is 23.1 Å². The number of nitrogens with zero attached hydrogens (tertiary/aromatic N) is 3. The summed E-state index contributed by atoms with van der Waals surface area (Å²) >= 11 is 4.37. The Morgan fingerprint density at radius 1 is 1.43 bits per heavy atom. The molecule has 0 fully saturated rings. The smallest absolute Gasteiger partial charge is 0.269 e. The Bertz CT molecular complexity index is 796. The lowest BCUT2D eigenvalue weighted by Gasteiger charge is -2.03. The fourth-order valence-corrected chi connectivity index (χ4v) is 4.04. The number of carbonyl (C=O) groups excluding carboxylic acids is 1. The van der Waals surface area contributed by atoms with Crippen LogP contribution in [0.3, 0.4) is 0 Å². The topological polar surface area (TPSA) is 67.8 Å². The highest BCUT2D eigenvalue weighted by Crippen LogP contribution is 2.30. The van der Waals surface area contributed by atoms with Gasteiger partial charge in [0, 0.05) is 5.69 Å². The maximum atomic E-state index is 12.3. The molecule has 2 aromatic heterocycles. The number of hydrogen-bond acceptors (Lipinski definition) is 7. The van der Waals surface area contributed by atoms with Gasteiger partial charge in [-0.25, -0.2) is 4.98 Å². The van der Waals surface area contributed by atoms with Gasteiger partial charge >= 0.3 is 0 Å². The maximum absolute atomic E-state index is 12.3. The van der Waals surface area contributed by atoms with Gasteiger partial charge in [0.25, 0.3) is 5.91 Å². The minimum absolute atomic E-state index is 0.157. The quantitative estimate of drug-likeness (QED) is 0.736. The number of nitrogens with one attached hydrogen (secondary N) is 1. The molecule has 2 heterocycles. The first-order chi connectivity index (χ1) is 10.2. The summed E-state index contributed by atoms with van der Waals surface area (Å²) in [6.07, 6.45) is 2.70. The number of benzene rings is 1. The summed E-state index contributed by atoms with van der Waals surface area (Å²) in [5, 5.41) is 6.86. The molecule has 1 amide bonds. The van der Waals surface area contributed by atoms with Crippen molar-refractivity contribution in [3.05, 3.63) is 28.8 Å². The van der Waals surface area contributed by atoms with Gasteiger partial charge < -0.3 is 5.32 Å². The molecule has 0 aliphatic carbocycles. The zero-order valence-electron chi connectivity index (χ0n) is 11.4. The number of amides is 1. The molecule has 0 aliphatic rings. The summed E-state index contributed by atoms with van der Waals surface area (Å²) in [5.74, 6) is -0.157.